The van der Waals surface area contributed by atoms with Crippen molar-refractivity contribution in [3.05, 3.63) is 45.1 Å². The van der Waals surface area contributed by atoms with Crippen molar-refractivity contribution in [1.82, 2.24) is 4.98 Å². The first kappa shape index (κ1) is 18.4. The summed E-state index contributed by atoms with van der Waals surface area (Å²) >= 11 is 11.5. The number of anilines is 1. The van der Waals surface area contributed by atoms with Crippen LogP contribution in [0.1, 0.15) is 29.1 Å². The third-order valence-electron chi connectivity index (χ3n) is 3.27. The Bertz CT molecular complexity index is 829. The maximum Gasteiger partial charge on any atom is 0.358 e. The van der Waals surface area contributed by atoms with Gasteiger partial charge in [-0.1, -0.05) is 23.2 Å². The molecule has 1 aromatic carbocycles. The van der Waals surface area contributed by atoms with Gasteiger partial charge < -0.3 is 10.5 Å². The summed E-state index contributed by atoms with van der Waals surface area (Å²) in [4.78, 5) is 15.4. The van der Waals surface area contributed by atoms with Gasteiger partial charge in [-0.2, -0.15) is 0 Å². The summed E-state index contributed by atoms with van der Waals surface area (Å²) in [5, 5.41) is -0.627. The third-order valence-corrected chi connectivity index (χ3v) is 3.98. The zero-order chi connectivity index (χ0) is 18.2. The van der Waals surface area contributed by atoms with Gasteiger partial charge in [0.25, 0.3) is 0 Å². The summed E-state index contributed by atoms with van der Waals surface area (Å²) < 4.78 is 47.0. The molecule has 2 aromatic rings. The average molecular weight is 379 g/mol. The maximum absolute atomic E-state index is 14.6. The number of nitrogen functional groups attached to an aromatic ring is 1. The second kappa shape index (κ2) is 6.86. The molecule has 0 fully saturated rings. The summed E-state index contributed by atoms with van der Waals surface area (Å²) in [6, 6.07) is 2.29. The lowest BCUT2D eigenvalue weighted by atomic mass is 10.0. The average Bonchev–Trinajstić information content (AvgIpc) is 2.53. The Morgan fingerprint density at radius 1 is 1.29 bits per heavy atom. The van der Waals surface area contributed by atoms with E-state index in [9.17, 15) is 18.0 Å². The number of aromatic nitrogens is 1. The van der Waals surface area contributed by atoms with Gasteiger partial charge in [0.05, 0.1) is 17.8 Å². The van der Waals surface area contributed by atoms with Crippen LogP contribution in [0.15, 0.2) is 12.1 Å². The van der Waals surface area contributed by atoms with Gasteiger partial charge in [-0.3, -0.25) is 0 Å². The topological polar surface area (TPSA) is 65.2 Å². The van der Waals surface area contributed by atoms with Crippen LogP contribution < -0.4 is 5.73 Å². The van der Waals surface area contributed by atoms with Crippen LogP contribution in [-0.2, 0) is 4.74 Å². The van der Waals surface area contributed by atoms with Gasteiger partial charge in [-0.25, -0.2) is 22.9 Å². The van der Waals surface area contributed by atoms with Crippen molar-refractivity contribution in [1.29, 1.82) is 0 Å². The Labute approximate surface area is 145 Å². The molecule has 24 heavy (non-hydrogen) atoms. The number of alkyl halides is 1. The zero-order valence-corrected chi connectivity index (χ0v) is 14.0. The van der Waals surface area contributed by atoms with Crippen LogP contribution in [0, 0.1) is 11.6 Å². The Balaban J connectivity index is 2.81. The molecule has 0 spiro atoms. The fraction of sp³-hybridized carbons (Fsp3) is 0.200. The van der Waals surface area contributed by atoms with Crippen molar-refractivity contribution in [2.45, 2.75) is 13.1 Å². The first-order chi connectivity index (χ1) is 11.2. The number of methoxy groups -OCH3 is 1. The molecule has 0 radical (unpaired) electrons. The van der Waals surface area contributed by atoms with Crippen LogP contribution in [-0.4, -0.2) is 18.1 Å². The molecule has 1 atom stereocenters. The number of carbonyl (C=O) groups is 1. The van der Waals surface area contributed by atoms with Crippen molar-refractivity contribution in [3.63, 3.8) is 0 Å². The van der Waals surface area contributed by atoms with E-state index in [1.807, 2.05) is 0 Å². The Morgan fingerprint density at radius 2 is 1.92 bits per heavy atom. The fourth-order valence-corrected chi connectivity index (χ4v) is 2.59. The van der Waals surface area contributed by atoms with E-state index in [2.05, 4.69) is 9.72 Å². The third kappa shape index (κ3) is 3.01. The molecule has 0 aliphatic carbocycles. The number of pyridine rings is 1. The van der Waals surface area contributed by atoms with Gasteiger partial charge in [0.1, 0.15) is 17.7 Å². The number of benzene rings is 1. The molecule has 0 aliphatic heterocycles. The van der Waals surface area contributed by atoms with Crippen LogP contribution in [0.3, 0.4) is 0 Å². The van der Waals surface area contributed by atoms with Gasteiger partial charge >= 0.3 is 5.97 Å². The standard InChI is InChI=1S/C15H11Cl2F3N2O2/c1-5(18)8-7(16)4-3-6(10(8)19)13-11(20)12(21)9(17)14(22-13)15(23)24-2/h3-5H,1-2H3,(H2,21,22). The molecular formula is C15H11Cl2F3N2O2. The molecule has 1 aromatic heterocycles. The molecule has 2 N–H and O–H groups in total. The lowest BCUT2D eigenvalue weighted by Crippen LogP contribution is -2.11. The first-order valence-corrected chi connectivity index (χ1v) is 7.31. The summed E-state index contributed by atoms with van der Waals surface area (Å²) in [6.45, 7) is 1.08. The Hall–Kier alpha value is -1.99. The summed E-state index contributed by atoms with van der Waals surface area (Å²) in [7, 11) is 1.06. The number of hydrogen-bond acceptors (Lipinski definition) is 4. The molecule has 1 heterocycles. The number of rotatable bonds is 3. The lowest BCUT2D eigenvalue weighted by Gasteiger charge is -2.14. The molecule has 128 valence electrons. The zero-order valence-electron chi connectivity index (χ0n) is 12.5. The van der Waals surface area contributed by atoms with E-state index < -0.39 is 57.0 Å². The van der Waals surface area contributed by atoms with Crippen molar-refractivity contribution in [2.75, 3.05) is 12.8 Å². The van der Waals surface area contributed by atoms with Crippen LogP contribution >= 0.6 is 23.2 Å². The monoisotopic (exact) mass is 378 g/mol. The fourth-order valence-electron chi connectivity index (χ4n) is 2.09. The predicted molar refractivity (Wildman–Crippen MR) is 84.9 cm³/mol. The van der Waals surface area contributed by atoms with Crippen LogP contribution in [0.5, 0.6) is 0 Å². The lowest BCUT2D eigenvalue weighted by molar-refractivity contribution is 0.0594. The number of hydrogen-bond donors (Lipinski definition) is 1. The minimum atomic E-state index is -1.75. The van der Waals surface area contributed by atoms with E-state index in [4.69, 9.17) is 28.9 Å². The summed E-state index contributed by atoms with van der Waals surface area (Å²) in [5.74, 6) is -3.24. The van der Waals surface area contributed by atoms with E-state index in [1.165, 1.54) is 6.07 Å². The highest BCUT2D eigenvalue weighted by Gasteiger charge is 2.26. The minimum absolute atomic E-state index is 0.165. The van der Waals surface area contributed by atoms with E-state index in [-0.39, 0.29) is 5.02 Å². The number of esters is 1. The molecule has 4 nitrogen and oxygen atoms in total. The van der Waals surface area contributed by atoms with Gasteiger partial charge in [0.15, 0.2) is 11.5 Å². The number of carbonyl (C=O) groups excluding carboxylic acids is 1. The van der Waals surface area contributed by atoms with Crippen molar-refractivity contribution in [2.24, 2.45) is 0 Å². The van der Waals surface area contributed by atoms with E-state index in [0.29, 0.717) is 0 Å². The molecule has 0 bridgehead atoms. The second-order valence-corrected chi connectivity index (χ2v) is 5.57. The molecule has 0 aliphatic rings. The van der Waals surface area contributed by atoms with Crippen molar-refractivity contribution < 1.29 is 22.7 Å². The SMILES string of the molecule is COC(=O)c1nc(-c2ccc(Cl)c(C(C)F)c2F)c(F)c(N)c1Cl. The van der Waals surface area contributed by atoms with Gasteiger partial charge in [-0.15, -0.1) is 0 Å². The van der Waals surface area contributed by atoms with E-state index >= 15 is 0 Å². The van der Waals surface area contributed by atoms with Gasteiger partial charge in [0, 0.05) is 16.1 Å². The largest absolute Gasteiger partial charge is 0.464 e. The van der Waals surface area contributed by atoms with Crippen LogP contribution in [0.4, 0.5) is 18.9 Å². The summed E-state index contributed by atoms with van der Waals surface area (Å²) in [6.07, 6.45) is -1.75. The molecule has 0 amide bonds. The van der Waals surface area contributed by atoms with Gasteiger partial charge in [0.2, 0.25) is 0 Å². The number of ether oxygens (including phenoxy) is 1. The predicted octanol–water partition coefficient (Wildman–Crippen LogP) is 4.73. The van der Waals surface area contributed by atoms with Crippen molar-refractivity contribution >= 4 is 34.9 Å². The van der Waals surface area contributed by atoms with E-state index in [0.717, 1.165) is 20.1 Å². The highest BCUT2D eigenvalue weighted by molar-refractivity contribution is 6.35. The molecule has 0 saturated heterocycles. The number of nitrogens with zero attached hydrogens (tertiary/aromatic N) is 1. The number of nitrogens with two attached hydrogens (primary N) is 1. The minimum Gasteiger partial charge on any atom is -0.464 e. The van der Waals surface area contributed by atoms with Crippen LogP contribution in [0.2, 0.25) is 10.0 Å². The van der Waals surface area contributed by atoms with Crippen LogP contribution in [0.25, 0.3) is 11.3 Å². The molecular weight excluding hydrogens is 368 g/mol. The number of halogens is 5. The molecule has 0 saturated carbocycles. The smallest absolute Gasteiger partial charge is 0.358 e. The Kier molecular flexibility index (Phi) is 5.25. The highest BCUT2D eigenvalue weighted by atomic mass is 35.5. The highest BCUT2D eigenvalue weighted by Crippen LogP contribution is 2.37. The molecule has 2 rings (SSSR count). The normalized spacial score (nSPS) is 12.1. The summed E-state index contributed by atoms with van der Waals surface area (Å²) in [5.41, 5.74) is 2.95. The molecule has 1 unspecified atom stereocenters. The van der Waals surface area contributed by atoms with Crippen molar-refractivity contribution in [3.8, 4) is 11.3 Å². The maximum atomic E-state index is 14.6. The van der Waals surface area contributed by atoms with Gasteiger partial charge in [-0.05, 0) is 19.1 Å². The quantitative estimate of drug-likeness (QED) is 0.783. The van der Waals surface area contributed by atoms with E-state index in [1.54, 1.807) is 0 Å². The second-order valence-electron chi connectivity index (χ2n) is 4.78. The Morgan fingerprint density at radius 3 is 2.46 bits per heavy atom. The molecule has 9 heteroatoms. The first-order valence-electron chi connectivity index (χ1n) is 6.55.